The molecule has 2 N–H and O–H groups in total. The van der Waals surface area contributed by atoms with Crippen molar-refractivity contribution in [2.24, 2.45) is 0 Å². The molecule has 2 aromatic heterocycles. The zero-order chi connectivity index (χ0) is 31.0. The summed E-state index contributed by atoms with van der Waals surface area (Å²) >= 11 is 0. The Kier molecular flexibility index (Phi) is 9.34. The Balaban J connectivity index is 1.07. The number of hydrogen-bond acceptors (Lipinski definition) is 7. The minimum absolute atomic E-state index is 0.0968. The fourth-order valence-electron chi connectivity index (χ4n) is 5.20. The van der Waals surface area contributed by atoms with Crippen molar-refractivity contribution in [3.8, 4) is 28.5 Å². The van der Waals surface area contributed by atoms with Crippen LogP contribution in [-0.2, 0) is 29.2 Å². The van der Waals surface area contributed by atoms with Gasteiger partial charge in [-0.25, -0.2) is 14.2 Å². The summed E-state index contributed by atoms with van der Waals surface area (Å²) in [4.78, 5) is 7.88. The molecule has 0 radical (unpaired) electrons. The predicted molar refractivity (Wildman–Crippen MR) is 167 cm³/mol. The van der Waals surface area contributed by atoms with Crippen LogP contribution in [0.3, 0.4) is 0 Å². The monoisotopic (exact) mass is 608 g/mol. The van der Waals surface area contributed by atoms with E-state index >= 15 is 0 Å². The zero-order valence-corrected chi connectivity index (χ0v) is 24.6. The molecular weight excluding hydrogens is 575 g/mol. The number of halogens is 1. The quantitative estimate of drug-likeness (QED) is 0.121. The van der Waals surface area contributed by atoms with Gasteiger partial charge in [-0.3, -0.25) is 4.68 Å². The minimum Gasteiger partial charge on any atom is -0.487 e. The van der Waals surface area contributed by atoms with Gasteiger partial charge in [0.2, 0.25) is 0 Å². The first-order valence-electron chi connectivity index (χ1n) is 14.7. The van der Waals surface area contributed by atoms with Crippen molar-refractivity contribution in [1.82, 2.24) is 19.3 Å². The standard InChI is InChI=1S/C34H33FN6O4/c1-37-33-32(39-41(34(33)36)27-11-14-42-15-12-27)25-7-9-29(10-8-25)45-31-18-26(35)17-30(19-31)44-22-28-20-38-23-40(28)13-16-43-21-24-5-3-2-4-6-24/h2-10,17-20,23,27H,11-16,21-22,36H2. The van der Waals surface area contributed by atoms with Gasteiger partial charge in [-0.2, -0.15) is 5.10 Å². The van der Waals surface area contributed by atoms with Gasteiger partial charge in [0.15, 0.2) is 0 Å². The molecule has 1 aliphatic rings. The average Bonchev–Trinajstić information content (AvgIpc) is 3.66. The van der Waals surface area contributed by atoms with Gasteiger partial charge in [-0.1, -0.05) is 42.5 Å². The van der Waals surface area contributed by atoms with Crippen LogP contribution in [0.2, 0.25) is 0 Å². The Hall–Kier alpha value is -5.18. The molecule has 10 nitrogen and oxygen atoms in total. The second-order valence-corrected chi connectivity index (χ2v) is 10.6. The number of anilines is 1. The van der Waals surface area contributed by atoms with Crippen molar-refractivity contribution in [3.05, 3.63) is 114 Å². The molecule has 0 aliphatic carbocycles. The van der Waals surface area contributed by atoms with Gasteiger partial charge in [0.25, 0.3) is 5.69 Å². The van der Waals surface area contributed by atoms with Crippen molar-refractivity contribution in [1.29, 1.82) is 0 Å². The maximum atomic E-state index is 14.5. The molecule has 5 aromatic rings. The normalized spacial score (nSPS) is 13.4. The van der Waals surface area contributed by atoms with Gasteiger partial charge in [-0.15, -0.1) is 0 Å². The molecule has 0 atom stereocenters. The minimum atomic E-state index is -0.488. The van der Waals surface area contributed by atoms with Gasteiger partial charge < -0.3 is 29.2 Å². The molecule has 0 amide bonds. The molecule has 3 aromatic carbocycles. The molecule has 0 unspecified atom stereocenters. The van der Waals surface area contributed by atoms with Crippen LogP contribution in [0.5, 0.6) is 17.2 Å². The SMILES string of the molecule is [C-]#[N+]c1c(-c2ccc(Oc3cc(F)cc(OCc4cncn4CCOCc4ccccc4)c3)cc2)nn(C2CCOCC2)c1N. The Bertz CT molecular complexity index is 1760. The second kappa shape index (κ2) is 14.1. The summed E-state index contributed by atoms with van der Waals surface area (Å²) < 4.78 is 41.3. The van der Waals surface area contributed by atoms with Gasteiger partial charge in [0.1, 0.15) is 41.2 Å². The van der Waals surface area contributed by atoms with E-state index in [1.165, 1.54) is 12.1 Å². The number of hydrogen-bond donors (Lipinski definition) is 1. The number of ether oxygens (including phenoxy) is 4. The first kappa shape index (κ1) is 29.9. The number of imidazole rings is 1. The largest absolute Gasteiger partial charge is 0.487 e. The molecule has 1 saturated heterocycles. The first-order chi connectivity index (χ1) is 22.1. The van der Waals surface area contributed by atoms with E-state index in [0.29, 0.717) is 61.7 Å². The lowest BCUT2D eigenvalue weighted by atomic mass is 10.1. The summed E-state index contributed by atoms with van der Waals surface area (Å²) in [5.74, 6) is 0.975. The van der Waals surface area contributed by atoms with Crippen molar-refractivity contribution in [2.75, 3.05) is 25.6 Å². The average molecular weight is 609 g/mol. The van der Waals surface area contributed by atoms with E-state index in [1.54, 1.807) is 35.4 Å². The lowest BCUT2D eigenvalue weighted by molar-refractivity contribution is 0.0669. The maximum Gasteiger partial charge on any atom is 0.254 e. The summed E-state index contributed by atoms with van der Waals surface area (Å²) in [6, 6.07) is 21.4. The molecule has 1 aliphatic heterocycles. The van der Waals surface area contributed by atoms with Gasteiger partial charge >= 0.3 is 0 Å². The highest BCUT2D eigenvalue weighted by Gasteiger charge is 2.24. The van der Waals surface area contributed by atoms with Crippen LogP contribution in [0.1, 0.15) is 30.1 Å². The lowest BCUT2D eigenvalue weighted by Gasteiger charge is -2.23. The fraction of sp³-hybridized carbons (Fsp3) is 0.265. The summed E-state index contributed by atoms with van der Waals surface area (Å²) in [6.45, 7) is 10.8. The predicted octanol–water partition coefficient (Wildman–Crippen LogP) is 6.96. The number of aromatic nitrogens is 4. The van der Waals surface area contributed by atoms with Crippen LogP contribution in [0, 0.1) is 12.4 Å². The van der Waals surface area contributed by atoms with Gasteiger partial charge in [-0.05, 0) is 36.1 Å². The Morgan fingerprint density at radius 2 is 1.76 bits per heavy atom. The van der Waals surface area contributed by atoms with E-state index in [9.17, 15) is 4.39 Å². The van der Waals surface area contributed by atoms with Crippen molar-refractivity contribution in [3.63, 3.8) is 0 Å². The Labute approximate surface area is 260 Å². The van der Waals surface area contributed by atoms with Crippen molar-refractivity contribution < 1.29 is 23.3 Å². The maximum absolute atomic E-state index is 14.5. The summed E-state index contributed by atoms with van der Waals surface area (Å²) in [6.07, 6.45) is 5.03. The van der Waals surface area contributed by atoms with E-state index in [2.05, 4.69) is 9.83 Å². The van der Waals surface area contributed by atoms with Crippen molar-refractivity contribution >= 4 is 11.5 Å². The number of nitrogens with two attached hydrogens (primary N) is 1. The molecule has 11 heteroatoms. The molecule has 3 heterocycles. The van der Waals surface area contributed by atoms with E-state index < -0.39 is 5.82 Å². The molecule has 230 valence electrons. The highest BCUT2D eigenvalue weighted by atomic mass is 19.1. The van der Waals surface area contributed by atoms with Crippen LogP contribution in [0.15, 0.2) is 85.3 Å². The molecule has 0 saturated carbocycles. The summed E-state index contributed by atoms with van der Waals surface area (Å²) in [5.41, 5.74) is 9.84. The van der Waals surface area contributed by atoms with E-state index in [1.807, 2.05) is 47.0 Å². The Morgan fingerprint density at radius 1 is 0.978 bits per heavy atom. The number of nitrogen functional groups attached to an aromatic ring is 1. The molecule has 6 rings (SSSR count). The zero-order valence-electron chi connectivity index (χ0n) is 24.6. The van der Waals surface area contributed by atoms with E-state index in [-0.39, 0.29) is 18.4 Å². The third kappa shape index (κ3) is 7.32. The molecular formula is C34H33FN6O4. The molecule has 0 spiro atoms. The number of rotatable bonds is 12. The smallest absolute Gasteiger partial charge is 0.254 e. The number of nitrogens with zero attached hydrogens (tertiary/aromatic N) is 5. The highest BCUT2D eigenvalue weighted by Crippen LogP contribution is 2.39. The second-order valence-electron chi connectivity index (χ2n) is 10.6. The topological polar surface area (TPSA) is 103 Å². The molecule has 0 bridgehead atoms. The van der Waals surface area contributed by atoms with E-state index in [0.717, 1.165) is 29.7 Å². The van der Waals surface area contributed by atoms with Crippen LogP contribution in [0.4, 0.5) is 15.9 Å². The van der Waals surface area contributed by atoms with Crippen LogP contribution in [0.25, 0.3) is 16.1 Å². The van der Waals surface area contributed by atoms with Crippen LogP contribution in [-0.4, -0.2) is 39.2 Å². The van der Waals surface area contributed by atoms with Crippen LogP contribution >= 0.6 is 0 Å². The summed E-state index contributed by atoms with van der Waals surface area (Å²) in [5, 5.41) is 4.69. The third-order valence-electron chi connectivity index (χ3n) is 7.55. The summed E-state index contributed by atoms with van der Waals surface area (Å²) in [7, 11) is 0. The molecule has 45 heavy (non-hydrogen) atoms. The molecule has 1 fully saturated rings. The first-order valence-corrected chi connectivity index (χ1v) is 14.7. The Morgan fingerprint density at radius 3 is 2.53 bits per heavy atom. The van der Waals surface area contributed by atoms with E-state index in [4.69, 9.17) is 36.4 Å². The lowest BCUT2D eigenvalue weighted by Crippen LogP contribution is -2.21. The number of benzene rings is 3. The van der Waals surface area contributed by atoms with Gasteiger partial charge in [0, 0.05) is 38.0 Å². The van der Waals surface area contributed by atoms with Crippen LogP contribution < -0.4 is 15.2 Å². The van der Waals surface area contributed by atoms with Gasteiger partial charge in [0.05, 0.1) is 44.0 Å². The fourth-order valence-corrected chi connectivity index (χ4v) is 5.20. The third-order valence-corrected chi connectivity index (χ3v) is 7.55. The highest BCUT2D eigenvalue weighted by molar-refractivity contribution is 5.83. The van der Waals surface area contributed by atoms with Crippen molar-refractivity contribution in [2.45, 2.75) is 38.6 Å².